The molecule has 2 aromatic carbocycles. The maximum absolute atomic E-state index is 12.8. The van der Waals surface area contributed by atoms with Crippen LogP contribution >= 0.6 is 11.6 Å². The molecule has 146 valence electrons. The van der Waals surface area contributed by atoms with Crippen LogP contribution in [0.3, 0.4) is 0 Å². The van der Waals surface area contributed by atoms with Gasteiger partial charge in [0.15, 0.2) is 5.84 Å². The predicted molar refractivity (Wildman–Crippen MR) is 109 cm³/mol. The lowest BCUT2D eigenvalue weighted by atomic mass is 9.96. The van der Waals surface area contributed by atoms with E-state index in [0.29, 0.717) is 35.2 Å². The second-order valence-electron chi connectivity index (χ2n) is 7.12. The number of piperidine rings is 1. The largest absolute Gasteiger partial charge is 0.355 e. The molecule has 0 radical (unpaired) electrons. The smallest absolute Gasteiger partial charge is 0.285 e. The Labute approximate surface area is 169 Å². The second kappa shape index (κ2) is 7.22. The first-order chi connectivity index (χ1) is 13.3. The Bertz CT molecular complexity index is 1080. The summed E-state index contributed by atoms with van der Waals surface area (Å²) in [6, 6.07) is 12.2. The molecular formula is C20H20ClN3O3S. The number of halogens is 1. The molecule has 1 fully saturated rings. The van der Waals surface area contributed by atoms with E-state index >= 15 is 0 Å². The van der Waals surface area contributed by atoms with Gasteiger partial charge >= 0.3 is 0 Å². The SMILES string of the molecule is Cc1ccc(Cl)cc1NC(=O)[C@@H]1CCCN(C2=NS(=O)(=O)c3ccccc32)C1. The van der Waals surface area contributed by atoms with Crippen molar-refractivity contribution in [1.82, 2.24) is 4.90 Å². The van der Waals surface area contributed by atoms with Crippen LogP contribution in [0.4, 0.5) is 5.69 Å². The van der Waals surface area contributed by atoms with Gasteiger partial charge in [0.05, 0.1) is 5.92 Å². The van der Waals surface area contributed by atoms with Crippen molar-refractivity contribution in [3.63, 3.8) is 0 Å². The number of carbonyl (C=O) groups excluding carboxylic acids is 1. The molecule has 1 saturated heterocycles. The Morgan fingerprint density at radius 1 is 1.25 bits per heavy atom. The van der Waals surface area contributed by atoms with Crippen LogP contribution in [-0.2, 0) is 14.8 Å². The quantitative estimate of drug-likeness (QED) is 0.811. The van der Waals surface area contributed by atoms with Crippen LogP contribution in [-0.4, -0.2) is 38.2 Å². The standard InChI is InChI=1S/C20H20ClN3O3S/c1-13-8-9-15(21)11-17(13)22-20(25)14-5-4-10-24(12-14)19-16-6-2-3-7-18(16)28(26,27)23-19/h2-3,6-9,11,14H,4-5,10,12H2,1H3,(H,22,25)/t14-/m1/s1. The lowest BCUT2D eigenvalue weighted by Gasteiger charge is -2.33. The van der Waals surface area contributed by atoms with Crippen molar-refractivity contribution in [3.05, 3.63) is 58.6 Å². The number of sulfonamides is 1. The highest BCUT2D eigenvalue weighted by Crippen LogP contribution is 2.30. The molecule has 8 heteroatoms. The first kappa shape index (κ1) is 19.0. The zero-order valence-corrected chi connectivity index (χ0v) is 16.9. The molecule has 4 rings (SSSR count). The van der Waals surface area contributed by atoms with Gasteiger partial charge in [-0.2, -0.15) is 8.42 Å². The van der Waals surface area contributed by atoms with E-state index in [1.54, 1.807) is 36.4 Å². The topological polar surface area (TPSA) is 78.8 Å². The Morgan fingerprint density at radius 3 is 2.86 bits per heavy atom. The molecule has 2 aliphatic heterocycles. The summed E-state index contributed by atoms with van der Waals surface area (Å²) in [7, 11) is -3.67. The third-order valence-corrected chi connectivity index (χ3v) is 6.72. The molecule has 28 heavy (non-hydrogen) atoms. The molecule has 1 amide bonds. The average Bonchev–Trinajstić information content (AvgIpc) is 2.96. The van der Waals surface area contributed by atoms with Gasteiger partial charge in [-0.15, -0.1) is 4.40 Å². The maximum atomic E-state index is 12.8. The molecule has 2 aliphatic rings. The first-order valence-electron chi connectivity index (χ1n) is 9.11. The number of carbonyl (C=O) groups is 1. The maximum Gasteiger partial charge on any atom is 0.285 e. The summed E-state index contributed by atoms with van der Waals surface area (Å²) in [5.74, 6) is 0.0853. The number of nitrogens with zero attached hydrogens (tertiary/aromatic N) is 2. The molecular weight excluding hydrogens is 398 g/mol. The van der Waals surface area contributed by atoms with E-state index in [0.717, 1.165) is 18.4 Å². The van der Waals surface area contributed by atoms with Gasteiger partial charge in [0, 0.05) is 29.4 Å². The van der Waals surface area contributed by atoms with Crippen LogP contribution in [0.15, 0.2) is 51.8 Å². The van der Waals surface area contributed by atoms with Gasteiger partial charge in [0.2, 0.25) is 5.91 Å². The number of hydrogen-bond acceptors (Lipinski definition) is 4. The molecule has 0 aliphatic carbocycles. The van der Waals surface area contributed by atoms with Crippen molar-refractivity contribution in [1.29, 1.82) is 0 Å². The zero-order valence-electron chi connectivity index (χ0n) is 15.4. The van der Waals surface area contributed by atoms with Crippen LogP contribution in [0.2, 0.25) is 5.02 Å². The number of hydrogen-bond donors (Lipinski definition) is 1. The van der Waals surface area contributed by atoms with Crippen LogP contribution in [0, 0.1) is 12.8 Å². The molecule has 2 heterocycles. The number of anilines is 1. The Balaban J connectivity index is 1.54. The van der Waals surface area contributed by atoms with Crippen molar-refractivity contribution >= 4 is 39.1 Å². The van der Waals surface area contributed by atoms with Crippen molar-refractivity contribution in [2.75, 3.05) is 18.4 Å². The van der Waals surface area contributed by atoms with E-state index in [9.17, 15) is 13.2 Å². The Kier molecular flexibility index (Phi) is 4.89. The molecule has 0 aromatic heterocycles. The number of benzene rings is 2. The molecule has 6 nitrogen and oxygen atoms in total. The highest BCUT2D eigenvalue weighted by Gasteiger charge is 2.35. The molecule has 0 bridgehead atoms. The molecule has 0 saturated carbocycles. The molecule has 0 unspecified atom stereocenters. The van der Waals surface area contributed by atoms with Crippen molar-refractivity contribution < 1.29 is 13.2 Å². The number of rotatable bonds is 2. The van der Waals surface area contributed by atoms with Crippen LogP contribution in [0.5, 0.6) is 0 Å². The van der Waals surface area contributed by atoms with Gasteiger partial charge in [0.1, 0.15) is 4.90 Å². The van der Waals surface area contributed by atoms with Crippen molar-refractivity contribution in [3.8, 4) is 0 Å². The Hall–Kier alpha value is -2.38. The van der Waals surface area contributed by atoms with E-state index in [1.165, 1.54) is 0 Å². The average molecular weight is 418 g/mol. The van der Waals surface area contributed by atoms with Gasteiger partial charge in [-0.05, 0) is 49.6 Å². The molecule has 1 N–H and O–H groups in total. The van der Waals surface area contributed by atoms with Crippen LogP contribution in [0.1, 0.15) is 24.0 Å². The molecule has 0 spiro atoms. The van der Waals surface area contributed by atoms with Gasteiger partial charge < -0.3 is 10.2 Å². The summed E-state index contributed by atoms with van der Waals surface area (Å²) in [4.78, 5) is 15.0. The minimum Gasteiger partial charge on any atom is -0.355 e. The number of nitrogens with one attached hydrogen (secondary N) is 1. The van der Waals surface area contributed by atoms with E-state index in [2.05, 4.69) is 9.71 Å². The predicted octanol–water partition coefficient (Wildman–Crippen LogP) is 3.45. The fourth-order valence-corrected chi connectivity index (χ4v) is 5.06. The summed E-state index contributed by atoms with van der Waals surface area (Å²) in [6.07, 6.45) is 1.53. The lowest BCUT2D eigenvalue weighted by molar-refractivity contribution is -0.121. The van der Waals surface area contributed by atoms with Crippen LogP contribution in [0.25, 0.3) is 0 Å². The summed E-state index contributed by atoms with van der Waals surface area (Å²) >= 11 is 6.04. The molecule has 2 aromatic rings. The summed E-state index contributed by atoms with van der Waals surface area (Å²) in [6.45, 7) is 3.00. The number of likely N-dealkylation sites (tertiary alicyclic amines) is 1. The molecule has 1 atom stereocenters. The highest BCUT2D eigenvalue weighted by atomic mass is 35.5. The normalized spacial score (nSPS) is 20.4. The summed E-state index contributed by atoms with van der Waals surface area (Å²) in [5, 5.41) is 3.52. The van der Waals surface area contributed by atoms with E-state index in [1.807, 2.05) is 17.9 Å². The number of fused-ring (bicyclic) bond motifs is 1. The first-order valence-corrected chi connectivity index (χ1v) is 10.9. The van der Waals surface area contributed by atoms with E-state index in [-0.39, 0.29) is 16.7 Å². The summed E-state index contributed by atoms with van der Waals surface area (Å²) in [5.41, 5.74) is 2.24. The minimum atomic E-state index is -3.67. The summed E-state index contributed by atoms with van der Waals surface area (Å²) < 4.78 is 28.6. The van der Waals surface area contributed by atoms with Gasteiger partial charge in [-0.1, -0.05) is 29.8 Å². The van der Waals surface area contributed by atoms with Crippen molar-refractivity contribution in [2.24, 2.45) is 10.3 Å². The van der Waals surface area contributed by atoms with Gasteiger partial charge in [0.25, 0.3) is 10.0 Å². The monoisotopic (exact) mass is 417 g/mol. The third-order valence-electron chi connectivity index (χ3n) is 5.16. The Morgan fingerprint density at radius 2 is 2.04 bits per heavy atom. The number of aryl methyl sites for hydroxylation is 1. The highest BCUT2D eigenvalue weighted by molar-refractivity contribution is 7.90. The van der Waals surface area contributed by atoms with Crippen LogP contribution < -0.4 is 5.32 Å². The minimum absolute atomic E-state index is 0.0928. The number of amidine groups is 1. The third kappa shape index (κ3) is 3.52. The fraction of sp³-hybridized carbons (Fsp3) is 0.300. The second-order valence-corrected chi connectivity index (χ2v) is 9.13. The van der Waals surface area contributed by atoms with Gasteiger partial charge in [-0.3, -0.25) is 4.79 Å². The van der Waals surface area contributed by atoms with E-state index < -0.39 is 10.0 Å². The van der Waals surface area contributed by atoms with E-state index in [4.69, 9.17) is 11.6 Å². The van der Waals surface area contributed by atoms with Crippen molar-refractivity contribution in [2.45, 2.75) is 24.7 Å². The zero-order chi connectivity index (χ0) is 19.9. The lowest BCUT2D eigenvalue weighted by Crippen LogP contribution is -2.43. The van der Waals surface area contributed by atoms with Gasteiger partial charge in [-0.25, -0.2) is 0 Å². The number of amides is 1. The fourth-order valence-electron chi connectivity index (χ4n) is 3.66.